The number of pyridine rings is 1. The molecule has 0 bridgehead atoms. The van der Waals surface area contributed by atoms with E-state index in [-0.39, 0.29) is 6.04 Å². The van der Waals surface area contributed by atoms with Crippen LogP contribution in [0.1, 0.15) is 31.1 Å². The number of hydrogen-bond donors (Lipinski definition) is 1. The summed E-state index contributed by atoms with van der Waals surface area (Å²) in [6, 6.07) is 13.3. The predicted octanol–water partition coefficient (Wildman–Crippen LogP) is 3.69. The molecule has 1 N–H and O–H groups in total. The third kappa shape index (κ3) is 2.79. The third-order valence-corrected chi connectivity index (χ3v) is 4.30. The van der Waals surface area contributed by atoms with E-state index in [1.165, 1.54) is 16.9 Å². The topological polar surface area (TPSA) is 28.2 Å². The molecule has 0 radical (unpaired) electrons. The van der Waals surface area contributed by atoms with Crippen LogP contribution >= 0.6 is 0 Å². The Balaban J connectivity index is 1.93. The lowest BCUT2D eigenvalue weighted by atomic mass is 9.93. The molecule has 0 amide bonds. The Morgan fingerprint density at radius 3 is 2.76 bits per heavy atom. The molecule has 0 aliphatic carbocycles. The maximum atomic E-state index is 4.62. The van der Waals surface area contributed by atoms with Crippen molar-refractivity contribution in [2.24, 2.45) is 5.92 Å². The first-order valence-electron chi connectivity index (χ1n) is 7.67. The first-order chi connectivity index (χ1) is 10.2. The molecule has 2 heterocycles. The lowest BCUT2D eigenvalue weighted by molar-refractivity contribution is 0.561. The van der Waals surface area contributed by atoms with Gasteiger partial charge in [0, 0.05) is 18.3 Å². The molecule has 1 aliphatic rings. The summed E-state index contributed by atoms with van der Waals surface area (Å²) in [5.74, 6) is 0.663. The molecule has 0 saturated carbocycles. The number of para-hydroxylation sites is 1. The summed E-state index contributed by atoms with van der Waals surface area (Å²) in [7, 11) is 1.96. The normalized spacial score (nSPS) is 19.2. The van der Waals surface area contributed by atoms with Gasteiger partial charge in [0.05, 0.1) is 17.6 Å². The van der Waals surface area contributed by atoms with E-state index in [0.29, 0.717) is 5.92 Å². The Hall–Kier alpha value is -1.87. The van der Waals surface area contributed by atoms with E-state index in [4.69, 9.17) is 0 Å². The highest BCUT2D eigenvalue weighted by Gasteiger charge is 2.22. The highest BCUT2D eigenvalue weighted by atomic mass is 15.2. The fourth-order valence-corrected chi connectivity index (χ4v) is 3.00. The summed E-state index contributed by atoms with van der Waals surface area (Å²) in [4.78, 5) is 7.01. The lowest BCUT2D eigenvalue weighted by Crippen LogP contribution is -2.30. The van der Waals surface area contributed by atoms with Gasteiger partial charge in [0.25, 0.3) is 0 Å². The molecule has 3 rings (SSSR count). The molecule has 1 aliphatic heterocycles. The van der Waals surface area contributed by atoms with Gasteiger partial charge in [-0.3, -0.25) is 4.98 Å². The Morgan fingerprint density at radius 2 is 2.05 bits per heavy atom. The summed E-state index contributed by atoms with van der Waals surface area (Å²) in [6.45, 7) is 5.49. The van der Waals surface area contributed by atoms with E-state index >= 15 is 0 Å². The first-order valence-corrected chi connectivity index (χ1v) is 7.67. The van der Waals surface area contributed by atoms with Gasteiger partial charge in [-0.2, -0.15) is 0 Å². The van der Waals surface area contributed by atoms with Crippen molar-refractivity contribution in [2.45, 2.75) is 26.3 Å². The predicted molar refractivity (Wildman–Crippen MR) is 88.0 cm³/mol. The van der Waals surface area contributed by atoms with Gasteiger partial charge >= 0.3 is 0 Å². The molecule has 1 aromatic carbocycles. The molecule has 0 saturated heterocycles. The van der Waals surface area contributed by atoms with Gasteiger partial charge < -0.3 is 10.2 Å². The maximum Gasteiger partial charge on any atom is 0.0597 e. The van der Waals surface area contributed by atoms with Crippen LogP contribution in [0.5, 0.6) is 0 Å². The van der Waals surface area contributed by atoms with Crippen LogP contribution in [0.15, 0.2) is 42.6 Å². The standard InChI is InChI=1S/C18H23N3/c1-13-10-15-6-4-5-7-18(15)21(12-13)16-8-9-17(20-11-16)14(2)19-3/h4-9,11,13-14,19H,10,12H2,1-3H3. The molecule has 21 heavy (non-hydrogen) atoms. The monoisotopic (exact) mass is 281 g/mol. The Bertz CT molecular complexity index is 606. The number of aromatic nitrogens is 1. The lowest BCUT2D eigenvalue weighted by Gasteiger charge is -2.34. The van der Waals surface area contributed by atoms with E-state index in [0.717, 1.165) is 18.7 Å². The maximum absolute atomic E-state index is 4.62. The van der Waals surface area contributed by atoms with Crippen LogP contribution in [0.3, 0.4) is 0 Å². The highest BCUT2D eigenvalue weighted by molar-refractivity contribution is 5.67. The zero-order valence-electron chi connectivity index (χ0n) is 13.0. The number of anilines is 2. The van der Waals surface area contributed by atoms with Crippen molar-refractivity contribution >= 4 is 11.4 Å². The van der Waals surface area contributed by atoms with E-state index in [9.17, 15) is 0 Å². The van der Waals surface area contributed by atoms with Crippen LogP contribution < -0.4 is 10.2 Å². The number of hydrogen-bond acceptors (Lipinski definition) is 3. The number of fused-ring (bicyclic) bond motifs is 1. The van der Waals surface area contributed by atoms with Gasteiger partial charge in [-0.05, 0) is 50.1 Å². The van der Waals surface area contributed by atoms with E-state index in [1.54, 1.807) is 0 Å². The average molecular weight is 281 g/mol. The van der Waals surface area contributed by atoms with Crippen LogP contribution in [0.2, 0.25) is 0 Å². The van der Waals surface area contributed by atoms with E-state index in [1.807, 2.05) is 13.2 Å². The number of nitrogens with zero attached hydrogens (tertiary/aromatic N) is 2. The molecule has 1 aromatic heterocycles. The number of rotatable bonds is 3. The second-order valence-corrected chi connectivity index (χ2v) is 6.00. The van der Waals surface area contributed by atoms with Crippen molar-refractivity contribution in [2.75, 3.05) is 18.5 Å². The fourth-order valence-electron chi connectivity index (χ4n) is 3.00. The summed E-state index contributed by atoms with van der Waals surface area (Å²) < 4.78 is 0. The summed E-state index contributed by atoms with van der Waals surface area (Å²) in [6.07, 6.45) is 3.16. The SMILES string of the molecule is CNC(C)c1ccc(N2CC(C)Cc3ccccc32)cn1. The molecule has 110 valence electrons. The van der Waals surface area contributed by atoms with Crippen molar-refractivity contribution in [3.63, 3.8) is 0 Å². The Morgan fingerprint density at radius 1 is 1.24 bits per heavy atom. The summed E-state index contributed by atoms with van der Waals surface area (Å²) in [5.41, 5.74) is 5.02. The van der Waals surface area contributed by atoms with Gasteiger partial charge in [0.15, 0.2) is 0 Å². The molecule has 3 nitrogen and oxygen atoms in total. The van der Waals surface area contributed by atoms with Crippen molar-refractivity contribution < 1.29 is 0 Å². The molecular weight excluding hydrogens is 258 g/mol. The number of nitrogens with one attached hydrogen (secondary N) is 1. The minimum atomic E-state index is 0.284. The molecule has 2 atom stereocenters. The van der Waals surface area contributed by atoms with Gasteiger partial charge in [0.1, 0.15) is 0 Å². The second kappa shape index (κ2) is 5.86. The minimum Gasteiger partial charge on any atom is -0.340 e. The second-order valence-electron chi connectivity index (χ2n) is 6.00. The van der Waals surface area contributed by atoms with Crippen LogP contribution in [-0.2, 0) is 6.42 Å². The minimum absolute atomic E-state index is 0.284. The van der Waals surface area contributed by atoms with E-state index < -0.39 is 0 Å². The van der Waals surface area contributed by atoms with Crippen molar-refractivity contribution in [3.05, 3.63) is 53.9 Å². The van der Waals surface area contributed by atoms with Gasteiger partial charge in [0.2, 0.25) is 0 Å². The smallest absolute Gasteiger partial charge is 0.0597 e. The Labute approximate surface area is 127 Å². The van der Waals surface area contributed by atoms with Crippen molar-refractivity contribution in [1.29, 1.82) is 0 Å². The third-order valence-electron chi connectivity index (χ3n) is 4.30. The molecular formula is C18H23N3. The molecule has 2 aromatic rings. The van der Waals surface area contributed by atoms with E-state index in [2.05, 4.69) is 65.4 Å². The van der Waals surface area contributed by atoms with Crippen LogP contribution in [-0.4, -0.2) is 18.6 Å². The summed E-state index contributed by atoms with van der Waals surface area (Å²) >= 11 is 0. The zero-order chi connectivity index (χ0) is 14.8. The largest absolute Gasteiger partial charge is 0.340 e. The first kappa shape index (κ1) is 14.1. The molecule has 3 heteroatoms. The fraction of sp³-hybridized carbons (Fsp3) is 0.389. The molecule has 0 fully saturated rings. The Kier molecular flexibility index (Phi) is 3.93. The number of benzene rings is 1. The van der Waals surface area contributed by atoms with Crippen molar-refractivity contribution in [1.82, 2.24) is 10.3 Å². The molecule has 0 spiro atoms. The quantitative estimate of drug-likeness (QED) is 0.930. The van der Waals surface area contributed by atoms with Gasteiger partial charge in [-0.15, -0.1) is 0 Å². The average Bonchev–Trinajstić information content (AvgIpc) is 2.53. The van der Waals surface area contributed by atoms with Crippen LogP contribution in [0, 0.1) is 5.92 Å². The van der Waals surface area contributed by atoms with Crippen LogP contribution in [0.4, 0.5) is 11.4 Å². The van der Waals surface area contributed by atoms with Gasteiger partial charge in [-0.1, -0.05) is 25.1 Å². The van der Waals surface area contributed by atoms with Crippen molar-refractivity contribution in [3.8, 4) is 0 Å². The zero-order valence-corrected chi connectivity index (χ0v) is 13.0. The van der Waals surface area contributed by atoms with Crippen LogP contribution in [0.25, 0.3) is 0 Å². The molecule has 2 unspecified atom stereocenters. The summed E-state index contributed by atoms with van der Waals surface area (Å²) in [5, 5.41) is 3.23. The van der Waals surface area contributed by atoms with Gasteiger partial charge in [-0.25, -0.2) is 0 Å². The highest BCUT2D eigenvalue weighted by Crippen LogP contribution is 2.35.